The molecule has 1 N–H and O–H groups in total. The van der Waals surface area contributed by atoms with Crippen molar-refractivity contribution >= 4 is 34.6 Å². The van der Waals surface area contributed by atoms with Crippen molar-refractivity contribution in [3.8, 4) is 11.5 Å². The molecule has 0 saturated heterocycles. The number of esters is 1. The van der Waals surface area contributed by atoms with Crippen LogP contribution in [-0.2, 0) is 11.3 Å². The molecular formula is C14H15ClN2O4S. The second kappa shape index (κ2) is 7.33. The molecule has 0 amide bonds. The molecule has 0 radical (unpaired) electrons. The van der Waals surface area contributed by atoms with Gasteiger partial charge in [-0.05, 0) is 0 Å². The first-order chi connectivity index (χ1) is 10.6. The average Bonchev–Trinajstić information content (AvgIpc) is 2.96. The number of thiazole rings is 1. The number of ether oxygens (including phenoxy) is 3. The van der Waals surface area contributed by atoms with Gasteiger partial charge in [-0.25, -0.2) is 9.78 Å². The van der Waals surface area contributed by atoms with Gasteiger partial charge in [0.05, 0.1) is 39.1 Å². The highest BCUT2D eigenvalue weighted by Crippen LogP contribution is 2.34. The summed E-state index contributed by atoms with van der Waals surface area (Å²) in [7, 11) is 4.36. The van der Waals surface area contributed by atoms with Gasteiger partial charge in [-0.15, -0.1) is 11.3 Å². The Morgan fingerprint density at radius 1 is 1.27 bits per heavy atom. The molecule has 2 rings (SSSR count). The highest BCUT2D eigenvalue weighted by Gasteiger charge is 2.17. The molecule has 0 fully saturated rings. The summed E-state index contributed by atoms with van der Waals surface area (Å²) in [5.41, 5.74) is 0.935. The summed E-state index contributed by atoms with van der Waals surface area (Å²) in [6.07, 6.45) is 1.68. The van der Waals surface area contributed by atoms with Crippen LogP contribution in [0.2, 0.25) is 4.47 Å². The minimum absolute atomic E-state index is 0.357. The zero-order valence-corrected chi connectivity index (χ0v) is 13.9. The van der Waals surface area contributed by atoms with Gasteiger partial charge in [0.25, 0.3) is 0 Å². The van der Waals surface area contributed by atoms with Gasteiger partial charge in [0, 0.05) is 23.2 Å². The molecule has 0 spiro atoms. The van der Waals surface area contributed by atoms with E-state index in [0.29, 0.717) is 33.8 Å². The van der Waals surface area contributed by atoms with E-state index in [-0.39, 0.29) is 0 Å². The third kappa shape index (κ3) is 3.61. The minimum Gasteiger partial charge on any atom is -0.493 e. The number of anilines is 1. The van der Waals surface area contributed by atoms with Crippen LogP contribution < -0.4 is 14.8 Å². The topological polar surface area (TPSA) is 69.7 Å². The molecule has 22 heavy (non-hydrogen) atoms. The molecule has 2 aromatic rings. The standard InChI is InChI=1S/C14H15ClN2O4S/c1-19-11-4-9(13(18)21-3)10(5-12(11)20-2)16-6-8-7-17-14(15)22-8/h4-5,7,16H,6H2,1-3H3. The van der Waals surface area contributed by atoms with Crippen molar-refractivity contribution in [3.63, 3.8) is 0 Å². The molecule has 0 aliphatic heterocycles. The summed E-state index contributed by atoms with van der Waals surface area (Å²) in [6.45, 7) is 0.476. The second-order valence-corrected chi connectivity index (χ2v) is 5.87. The summed E-state index contributed by atoms with van der Waals surface area (Å²) < 4.78 is 15.7. The first-order valence-electron chi connectivity index (χ1n) is 6.27. The van der Waals surface area contributed by atoms with Crippen LogP contribution in [0.15, 0.2) is 18.3 Å². The largest absolute Gasteiger partial charge is 0.493 e. The number of carbonyl (C=O) groups is 1. The molecule has 0 saturated carbocycles. The highest BCUT2D eigenvalue weighted by atomic mass is 35.5. The zero-order valence-electron chi connectivity index (χ0n) is 12.3. The fourth-order valence-corrected chi connectivity index (χ4v) is 2.77. The maximum Gasteiger partial charge on any atom is 0.340 e. The van der Waals surface area contributed by atoms with Crippen molar-refractivity contribution < 1.29 is 19.0 Å². The lowest BCUT2D eigenvalue weighted by molar-refractivity contribution is 0.0601. The van der Waals surface area contributed by atoms with E-state index in [2.05, 4.69) is 10.3 Å². The number of benzene rings is 1. The Bertz CT molecular complexity index is 675. The Morgan fingerprint density at radius 3 is 2.50 bits per heavy atom. The van der Waals surface area contributed by atoms with Crippen molar-refractivity contribution in [2.45, 2.75) is 6.54 Å². The van der Waals surface area contributed by atoms with Gasteiger partial charge in [0.2, 0.25) is 0 Å². The number of hydrogen-bond donors (Lipinski definition) is 1. The fourth-order valence-electron chi connectivity index (χ4n) is 1.85. The van der Waals surface area contributed by atoms with Gasteiger partial charge in [0.15, 0.2) is 16.0 Å². The molecule has 0 aliphatic carbocycles. The number of hydrogen-bond acceptors (Lipinski definition) is 7. The highest BCUT2D eigenvalue weighted by molar-refractivity contribution is 7.15. The average molecular weight is 343 g/mol. The van der Waals surface area contributed by atoms with Crippen molar-refractivity contribution in [3.05, 3.63) is 33.2 Å². The lowest BCUT2D eigenvalue weighted by Crippen LogP contribution is -2.09. The Balaban J connectivity index is 2.32. The maximum atomic E-state index is 11.9. The van der Waals surface area contributed by atoms with E-state index in [1.165, 1.54) is 32.7 Å². The van der Waals surface area contributed by atoms with Crippen LogP contribution in [0.25, 0.3) is 0 Å². The van der Waals surface area contributed by atoms with Crippen molar-refractivity contribution in [1.29, 1.82) is 0 Å². The number of nitrogens with zero attached hydrogens (tertiary/aromatic N) is 1. The number of methoxy groups -OCH3 is 3. The summed E-state index contributed by atoms with van der Waals surface area (Å²) in [5, 5.41) is 3.16. The molecule has 1 aromatic heterocycles. The first kappa shape index (κ1) is 16.4. The molecule has 1 heterocycles. The minimum atomic E-state index is -0.467. The Labute approximate surface area is 137 Å². The van der Waals surface area contributed by atoms with Gasteiger partial charge in [-0.1, -0.05) is 11.6 Å². The van der Waals surface area contributed by atoms with Gasteiger partial charge in [0.1, 0.15) is 0 Å². The fraction of sp³-hybridized carbons (Fsp3) is 0.286. The molecule has 1 aromatic carbocycles. The SMILES string of the molecule is COC(=O)c1cc(OC)c(OC)cc1NCc1cnc(Cl)s1. The first-order valence-corrected chi connectivity index (χ1v) is 7.47. The lowest BCUT2D eigenvalue weighted by Gasteiger charge is -2.14. The van der Waals surface area contributed by atoms with Crippen LogP contribution in [0.3, 0.4) is 0 Å². The van der Waals surface area contributed by atoms with Gasteiger partial charge in [-0.2, -0.15) is 0 Å². The van der Waals surface area contributed by atoms with E-state index in [0.717, 1.165) is 4.88 Å². The predicted molar refractivity (Wildman–Crippen MR) is 85.3 cm³/mol. The van der Waals surface area contributed by atoms with Crippen molar-refractivity contribution in [1.82, 2.24) is 4.98 Å². The Morgan fingerprint density at radius 2 is 1.95 bits per heavy atom. The third-order valence-electron chi connectivity index (χ3n) is 2.91. The van der Waals surface area contributed by atoms with Crippen LogP contribution in [0.5, 0.6) is 11.5 Å². The molecule has 118 valence electrons. The Kier molecular flexibility index (Phi) is 5.46. The molecule has 0 bridgehead atoms. The van der Waals surface area contributed by atoms with Crippen molar-refractivity contribution in [2.75, 3.05) is 26.6 Å². The van der Waals surface area contributed by atoms with Crippen LogP contribution >= 0.6 is 22.9 Å². The predicted octanol–water partition coefficient (Wildman–Crippen LogP) is 3.21. The normalized spacial score (nSPS) is 10.2. The summed E-state index contributed by atoms with van der Waals surface area (Å²) in [6, 6.07) is 3.26. The number of carbonyl (C=O) groups excluding carboxylic acids is 1. The van der Waals surface area contributed by atoms with E-state index >= 15 is 0 Å². The molecule has 0 atom stereocenters. The third-order valence-corrected chi connectivity index (χ3v) is 4.02. The van der Waals surface area contributed by atoms with Crippen LogP contribution in [-0.4, -0.2) is 32.3 Å². The molecule has 8 heteroatoms. The summed E-state index contributed by atoms with van der Waals surface area (Å²) in [4.78, 5) is 16.8. The second-order valence-electron chi connectivity index (χ2n) is 4.18. The molecule has 6 nitrogen and oxygen atoms in total. The van der Waals surface area contributed by atoms with E-state index in [1.807, 2.05) is 0 Å². The van der Waals surface area contributed by atoms with Crippen LogP contribution in [0, 0.1) is 0 Å². The monoisotopic (exact) mass is 342 g/mol. The van der Waals surface area contributed by atoms with E-state index < -0.39 is 5.97 Å². The lowest BCUT2D eigenvalue weighted by atomic mass is 10.1. The van der Waals surface area contributed by atoms with Gasteiger partial charge < -0.3 is 19.5 Å². The van der Waals surface area contributed by atoms with Crippen LogP contribution in [0.4, 0.5) is 5.69 Å². The summed E-state index contributed by atoms with van der Waals surface area (Å²) >= 11 is 7.17. The molecule has 0 unspecified atom stereocenters. The number of rotatable bonds is 6. The zero-order chi connectivity index (χ0) is 16.1. The van der Waals surface area contributed by atoms with Gasteiger partial charge in [-0.3, -0.25) is 0 Å². The maximum absolute atomic E-state index is 11.9. The molecule has 0 aliphatic rings. The number of nitrogens with one attached hydrogen (secondary N) is 1. The smallest absolute Gasteiger partial charge is 0.340 e. The Hall–Kier alpha value is -1.99. The van der Waals surface area contributed by atoms with E-state index in [1.54, 1.807) is 18.3 Å². The van der Waals surface area contributed by atoms with Crippen molar-refractivity contribution in [2.24, 2.45) is 0 Å². The number of halogens is 1. The number of aromatic nitrogens is 1. The van der Waals surface area contributed by atoms with Crippen LogP contribution in [0.1, 0.15) is 15.2 Å². The van der Waals surface area contributed by atoms with E-state index in [4.69, 9.17) is 25.8 Å². The van der Waals surface area contributed by atoms with E-state index in [9.17, 15) is 4.79 Å². The quantitative estimate of drug-likeness (QED) is 0.813. The van der Waals surface area contributed by atoms with Gasteiger partial charge >= 0.3 is 5.97 Å². The molecular weight excluding hydrogens is 328 g/mol. The summed E-state index contributed by atoms with van der Waals surface area (Å²) in [5.74, 6) is 0.500.